The molecular weight excluding hydrogens is 326 g/mol. The number of unbranched alkanes of at least 4 members (excludes halogenated alkanes) is 3. The molecule has 26 heavy (non-hydrogen) atoms. The normalized spacial score (nSPS) is 11.8. The summed E-state index contributed by atoms with van der Waals surface area (Å²) >= 11 is 0. The van der Waals surface area contributed by atoms with Gasteiger partial charge in [0.2, 0.25) is 0 Å². The van der Waals surface area contributed by atoms with Gasteiger partial charge in [0.25, 0.3) is 0 Å². The van der Waals surface area contributed by atoms with Crippen LogP contribution in [0.15, 0.2) is 42.5 Å². The number of nitrogens with two attached hydrogens (primary N) is 1. The van der Waals surface area contributed by atoms with E-state index in [1.165, 1.54) is 32.8 Å². The molecular formula is C22H29NO3. The van der Waals surface area contributed by atoms with Gasteiger partial charge in [-0.15, -0.1) is 0 Å². The minimum atomic E-state index is -0.340. The van der Waals surface area contributed by atoms with Crippen molar-refractivity contribution < 1.29 is 14.3 Å². The van der Waals surface area contributed by atoms with Crippen LogP contribution in [-0.2, 0) is 4.74 Å². The van der Waals surface area contributed by atoms with Crippen LogP contribution in [0.4, 0.5) is 5.69 Å². The van der Waals surface area contributed by atoms with Gasteiger partial charge in [0.1, 0.15) is 5.75 Å². The summed E-state index contributed by atoms with van der Waals surface area (Å²) in [7, 11) is 1.38. The highest BCUT2D eigenvalue weighted by Crippen LogP contribution is 2.30. The number of rotatable bonds is 9. The highest BCUT2D eigenvalue weighted by molar-refractivity contribution is 5.90. The molecule has 4 heteroatoms. The second kappa shape index (κ2) is 9.85. The van der Waals surface area contributed by atoms with E-state index in [9.17, 15) is 4.79 Å². The van der Waals surface area contributed by atoms with Crippen LogP contribution in [0.3, 0.4) is 0 Å². The summed E-state index contributed by atoms with van der Waals surface area (Å²) in [6.45, 7) is 4.30. The average Bonchev–Trinajstić information content (AvgIpc) is 2.66. The molecule has 1 atom stereocenters. The van der Waals surface area contributed by atoms with Crippen molar-refractivity contribution in [1.82, 2.24) is 0 Å². The van der Waals surface area contributed by atoms with Crippen molar-refractivity contribution in [3.05, 3.63) is 48.0 Å². The van der Waals surface area contributed by atoms with E-state index < -0.39 is 0 Å². The predicted molar refractivity (Wildman–Crippen MR) is 106 cm³/mol. The Hall–Kier alpha value is -2.49. The topological polar surface area (TPSA) is 61.5 Å². The fourth-order valence-corrected chi connectivity index (χ4v) is 2.89. The van der Waals surface area contributed by atoms with Crippen LogP contribution in [0.25, 0.3) is 11.1 Å². The molecule has 0 saturated carbocycles. The van der Waals surface area contributed by atoms with E-state index in [-0.39, 0.29) is 12.1 Å². The first-order chi connectivity index (χ1) is 12.5. The van der Waals surface area contributed by atoms with E-state index in [2.05, 4.69) is 13.8 Å². The molecule has 2 aromatic carbocycles. The van der Waals surface area contributed by atoms with E-state index in [4.69, 9.17) is 15.2 Å². The number of hydrogen-bond acceptors (Lipinski definition) is 4. The molecule has 0 spiro atoms. The molecule has 0 radical (unpaired) electrons. The quantitative estimate of drug-likeness (QED) is 0.368. The summed E-state index contributed by atoms with van der Waals surface area (Å²) in [5.41, 5.74) is 9.31. The van der Waals surface area contributed by atoms with Gasteiger partial charge in [-0.05, 0) is 55.2 Å². The van der Waals surface area contributed by atoms with Gasteiger partial charge in [-0.2, -0.15) is 0 Å². The van der Waals surface area contributed by atoms with E-state index in [0.29, 0.717) is 11.3 Å². The number of hydrogen-bond donors (Lipinski definition) is 1. The zero-order valence-electron chi connectivity index (χ0n) is 16.0. The number of carbonyl (C=O) groups excluding carboxylic acids is 1. The van der Waals surface area contributed by atoms with Gasteiger partial charge >= 0.3 is 5.97 Å². The Morgan fingerprint density at radius 2 is 1.73 bits per heavy atom. The van der Waals surface area contributed by atoms with Gasteiger partial charge in [-0.25, -0.2) is 4.79 Å². The number of nitrogen functional groups attached to an aromatic ring is 1. The van der Waals surface area contributed by atoms with E-state index >= 15 is 0 Å². The summed E-state index contributed by atoms with van der Waals surface area (Å²) in [5, 5.41) is 0. The van der Waals surface area contributed by atoms with Crippen LogP contribution in [-0.4, -0.2) is 19.2 Å². The first kappa shape index (κ1) is 19.8. The molecule has 0 aliphatic heterocycles. The SMILES string of the molecule is CCCCCCC(C)Oc1ccc(-c2ccc(C(=O)OC)cc2)cc1N. The number of methoxy groups -OCH3 is 1. The third-order valence-corrected chi connectivity index (χ3v) is 4.44. The zero-order chi connectivity index (χ0) is 18.9. The van der Waals surface area contributed by atoms with Gasteiger partial charge in [0.15, 0.2) is 0 Å². The second-order valence-electron chi connectivity index (χ2n) is 6.60. The third kappa shape index (κ3) is 5.51. The summed E-state index contributed by atoms with van der Waals surface area (Å²) in [6, 6.07) is 13.1. The smallest absolute Gasteiger partial charge is 0.337 e. The lowest BCUT2D eigenvalue weighted by atomic mass is 10.0. The summed E-state index contributed by atoms with van der Waals surface area (Å²) < 4.78 is 10.7. The molecule has 140 valence electrons. The molecule has 0 aliphatic rings. The summed E-state index contributed by atoms with van der Waals surface area (Å²) in [4.78, 5) is 11.5. The van der Waals surface area contributed by atoms with Crippen molar-refractivity contribution >= 4 is 11.7 Å². The minimum absolute atomic E-state index is 0.152. The predicted octanol–water partition coefficient (Wildman–Crippen LogP) is 5.46. The third-order valence-electron chi connectivity index (χ3n) is 4.44. The van der Waals surface area contributed by atoms with Gasteiger partial charge in [-0.3, -0.25) is 0 Å². The Morgan fingerprint density at radius 3 is 2.35 bits per heavy atom. The zero-order valence-corrected chi connectivity index (χ0v) is 16.0. The van der Waals surface area contributed by atoms with Crippen molar-refractivity contribution in [3.8, 4) is 16.9 Å². The maximum Gasteiger partial charge on any atom is 0.337 e. The molecule has 0 aliphatic carbocycles. The monoisotopic (exact) mass is 355 g/mol. The van der Waals surface area contributed by atoms with Gasteiger partial charge < -0.3 is 15.2 Å². The molecule has 0 saturated heterocycles. The fourth-order valence-electron chi connectivity index (χ4n) is 2.89. The van der Waals surface area contributed by atoms with Gasteiger partial charge in [0.05, 0.1) is 24.5 Å². The van der Waals surface area contributed by atoms with Crippen LogP contribution in [0.2, 0.25) is 0 Å². The molecule has 2 aromatic rings. The Kier molecular flexibility index (Phi) is 7.52. The van der Waals surface area contributed by atoms with Crippen molar-refractivity contribution in [1.29, 1.82) is 0 Å². The van der Waals surface area contributed by atoms with Crippen LogP contribution in [0.5, 0.6) is 5.75 Å². The Bertz CT molecular complexity index is 710. The number of ether oxygens (including phenoxy) is 2. The van der Waals surface area contributed by atoms with Gasteiger partial charge in [0, 0.05) is 0 Å². The Morgan fingerprint density at radius 1 is 1.04 bits per heavy atom. The molecule has 1 unspecified atom stereocenters. The Balaban J connectivity index is 2.01. The number of esters is 1. The molecule has 0 fully saturated rings. The molecule has 2 rings (SSSR count). The largest absolute Gasteiger partial charge is 0.489 e. The van der Waals surface area contributed by atoms with Crippen LogP contribution in [0.1, 0.15) is 56.3 Å². The maximum absolute atomic E-state index is 11.5. The van der Waals surface area contributed by atoms with Crippen molar-refractivity contribution in [3.63, 3.8) is 0 Å². The van der Waals surface area contributed by atoms with E-state index in [1.54, 1.807) is 12.1 Å². The number of anilines is 1. The molecule has 0 aromatic heterocycles. The van der Waals surface area contributed by atoms with Crippen LogP contribution in [0, 0.1) is 0 Å². The standard InChI is InChI=1S/C22H29NO3/c1-4-5-6-7-8-16(2)26-21-14-13-19(15-20(21)23)17-9-11-18(12-10-17)22(24)25-3/h9-16H,4-8,23H2,1-3H3. The van der Waals surface area contributed by atoms with Crippen molar-refractivity contribution in [2.24, 2.45) is 0 Å². The molecule has 2 N–H and O–H groups in total. The lowest BCUT2D eigenvalue weighted by Gasteiger charge is -2.17. The van der Waals surface area contributed by atoms with Gasteiger partial charge in [-0.1, -0.05) is 44.4 Å². The summed E-state index contributed by atoms with van der Waals surface area (Å²) in [6.07, 6.45) is 6.14. The van der Waals surface area contributed by atoms with E-state index in [1.807, 2.05) is 30.3 Å². The van der Waals surface area contributed by atoms with Crippen LogP contribution < -0.4 is 10.5 Å². The second-order valence-corrected chi connectivity index (χ2v) is 6.60. The Labute approximate surface area is 156 Å². The number of benzene rings is 2. The maximum atomic E-state index is 11.5. The highest BCUT2D eigenvalue weighted by atomic mass is 16.5. The number of carbonyl (C=O) groups is 1. The first-order valence-electron chi connectivity index (χ1n) is 9.30. The molecule has 0 bridgehead atoms. The highest BCUT2D eigenvalue weighted by Gasteiger charge is 2.10. The lowest BCUT2D eigenvalue weighted by Crippen LogP contribution is -2.12. The first-order valence-corrected chi connectivity index (χ1v) is 9.30. The summed E-state index contributed by atoms with van der Waals surface area (Å²) in [5.74, 6) is 0.385. The molecule has 4 nitrogen and oxygen atoms in total. The minimum Gasteiger partial charge on any atom is -0.489 e. The van der Waals surface area contributed by atoms with E-state index in [0.717, 1.165) is 23.3 Å². The molecule has 0 heterocycles. The van der Waals surface area contributed by atoms with Crippen LogP contribution >= 0.6 is 0 Å². The van der Waals surface area contributed by atoms with Crippen molar-refractivity contribution in [2.45, 2.75) is 52.1 Å². The van der Waals surface area contributed by atoms with Crippen molar-refractivity contribution in [2.75, 3.05) is 12.8 Å². The average molecular weight is 355 g/mol. The fraction of sp³-hybridized carbons (Fsp3) is 0.409. The lowest BCUT2D eigenvalue weighted by molar-refractivity contribution is 0.0601. The molecule has 0 amide bonds.